The Kier molecular flexibility index (Phi) is 6.88. The molecule has 0 aliphatic rings. The maximum Gasteiger partial charge on any atom is 0.307 e. The zero-order chi connectivity index (χ0) is 15.8. The molecule has 1 aromatic rings. The van der Waals surface area contributed by atoms with Gasteiger partial charge in [0, 0.05) is 19.6 Å². The minimum atomic E-state index is -0.843. The highest BCUT2D eigenvalue weighted by molar-refractivity contribution is 5.78. The van der Waals surface area contributed by atoms with E-state index in [1.165, 1.54) is 0 Å². The van der Waals surface area contributed by atoms with Gasteiger partial charge >= 0.3 is 5.97 Å². The van der Waals surface area contributed by atoms with E-state index in [0.29, 0.717) is 26.2 Å². The van der Waals surface area contributed by atoms with Crippen LogP contribution in [0.5, 0.6) is 0 Å². The lowest BCUT2D eigenvalue weighted by molar-refractivity contribution is -0.136. The number of hydrogen-bond acceptors (Lipinski definition) is 3. The standard InChI is InChI=1S/C16H24N2O3/c1-4-18(5-2)15(19)12-17(3)11-14-9-7-6-8-13(14)10-16(20)21/h6-9H,4-5,10-12H2,1-3H3,(H,20,21). The van der Waals surface area contributed by atoms with Crippen molar-refractivity contribution in [2.45, 2.75) is 26.8 Å². The van der Waals surface area contributed by atoms with E-state index in [4.69, 9.17) is 5.11 Å². The lowest BCUT2D eigenvalue weighted by Gasteiger charge is -2.23. The smallest absolute Gasteiger partial charge is 0.307 e. The largest absolute Gasteiger partial charge is 0.481 e. The van der Waals surface area contributed by atoms with Gasteiger partial charge in [-0.05, 0) is 32.0 Å². The first-order valence-electron chi connectivity index (χ1n) is 7.22. The second-order valence-electron chi connectivity index (χ2n) is 5.08. The average molecular weight is 292 g/mol. The first-order valence-corrected chi connectivity index (χ1v) is 7.22. The highest BCUT2D eigenvalue weighted by atomic mass is 16.4. The van der Waals surface area contributed by atoms with Gasteiger partial charge < -0.3 is 10.0 Å². The number of carboxylic acids is 1. The molecule has 0 aromatic heterocycles. The number of nitrogens with zero attached hydrogens (tertiary/aromatic N) is 2. The first-order chi connectivity index (χ1) is 9.97. The molecular formula is C16H24N2O3. The molecule has 0 saturated carbocycles. The fourth-order valence-electron chi connectivity index (χ4n) is 2.30. The van der Waals surface area contributed by atoms with Crippen molar-refractivity contribution in [3.63, 3.8) is 0 Å². The zero-order valence-corrected chi connectivity index (χ0v) is 13.0. The summed E-state index contributed by atoms with van der Waals surface area (Å²) in [4.78, 5) is 26.6. The molecule has 1 N–H and O–H groups in total. The van der Waals surface area contributed by atoms with Crippen molar-refractivity contribution in [2.24, 2.45) is 0 Å². The van der Waals surface area contributed by atoms with Gasteiger partial charge in [0.25, 0.3) is 0 Å². The third kappa shape index (κ3) is 5.55. The van der Waals surface area contributed by atoms with E-state index in [1.807, 2.05) is 50.1 Å². The summed E-state index contributed by atoms with van der Waals surface area (Å²) in [6.07, 6.45) is 0.00794. The van der Waals surface area contributed by atoms with Crippen molar-refractivity contribution in [3.8, 4) is 0 Å². The third-order valence-electron chi connectivity index (χ3n) is 3.42. The fraction of sp³-hybridized carbons (Fsp3) is 0.500. The van der Waals surface area contributed by atoms with E-state index in [9.17, 15) is 9.59 Å². The Hall–Kier alpha value is -1.88. The Balaban J connectivity index is 2.68. The number of likely N-dealkylation sites (N-methyl/N-ethyl adjacent to an activating group) is 2. The fourth-order valence-corrected chi connectivity index (χ4v) is 2.30. The number of rotatable bonds is 8. The summed E-state index contributed by atoms with van der Waals surface area (Å²) in [5.41, 5.74) is 1.75. The van der Waals surface area contributed by atoms with E-state index in [2.05, 4.69) is 0 Å². The molecule has 5 nitrogen and oxygen atoms in total. The van der Waals surface area contributed by atoms with Crippen LogP contribution in [-0.4, -0.2) is 53.5 Å². The molecule has 0 aliphatic carbocycles. The first kappa shape index (κ1) is 17.2. The second-order valence-corrected chi connectivity index (χ2v) is 5.08. The number of carbonyl (C=O) groups excluding carboxylic acids is 1. The molecule has 0 aliphatic heterocycles. The molecule has 1 aromatic carbocycles. The van der Waals surface area contributed by atoms with Gasteiger partial charge in [0.15, 0.2) is 0 Å². The van der Waals surface area contributed by atoms with Crippen LogP contribution in [0.1, 0.15) is 25.0 Å². The molecule has 0 radical (unpaired) electrons. The predicted molar refractivity (Wildman–Crippen MR) is 82.0 cm³/mol. The molecule has 0 saturated heterocycles. The Morgan fingerprint density at radius 2 is 1.67 bits per heavy atom. The van der Waals surface area contributed by atoms with E-state index in [1.54, 1.807) is 4.90 Å². The summed E-state index contributed by atoms with van der Waals surface area (Å²) in [6.45, 7) is 6.24. The number of hydrogen-bond donors (Lipinski definition) is 1. The van der Waals surface area contributed by atoms with Gasteiger partial charge in [-0.3, -0.25) is 14.5 Å². The monoisotopic (exact) mass is 292 g/mol. The third-order valence-corrected chi connectivity index (χ3v) is 3.42. The van der Waals surface area contributed by atoms with E-state index < -0.39 is 5.97 Å². The minimum Gasteiger partial charge on any atom is -0.481 e. The van der Waals surface area contributed by atoms with Gasteiger partial charge in [0.05, 0.1) is 13.0 Å². The van der Waals surface area contributed by atoms with Gasteiger partial charge in [-0.15, -0.1) is 0 Å². The maximum absolute atomic E-state index is 12.1. The van der Waals surface area contributed by atoms with E-state index in [0.717, 1.165) is 11.1 Å². The van der Waals surface area contributed by atoms with Crippen LogP contribution in [0.15, 0.2) is 24.3 Å². The van der Waals surface area contributed by atoms with Crippen LogP contribution in [0.4, 0.5) is 0 Å². The topological polar surface area (TPSA) is 60.9 Å². The van der Waals surface area contributed by atoms with Gasteiger partial charge in [0.1, 0.15) is 0 Å². The summed E-state index contributed by atoms with van der Waals surface area (Å²) < 4.78 is 0. The van der Waals surface area contributed by atoms with E-state index in [-0.39, 0.29) is 12.3 Å². The SMILES string of the molecule is CCN(CC)C(=O)CN(C)Cc1ccccc1CC(=O)O. The van der Waals surface area contributed by atoms with Crippen molar-refractivity contribution in [1.29, 1.82) is 0 Å². The lowest BCUT2D eigenvalue weighted by Crippen LogP contribution is -2.38. The Bertz CT molecular complexity index is 484. The van der Waals surface area contributed by atoms with Crippen molar-refractivity contribution in [1.82, 2.24) is 9.80 Å². The summed E-state index contributed by atoms with van der Waals surface area (Å²) in [5.74, 6) is -0.748. The van der Waals surface area contributed by atoms with Crippen molar-refractivity contribution in [3.05, 3.63) is 35.4 Å². The van der Waals surface area contributed by atoms with Crippen LogP contribution in [0.2, 0.25) is 0 Å². The molecule has 0 bridgehead atoms. The molecule has 0 heterocycles. The van der Waals surface area contributed by atoms with E-state index >= 15 is 0 Å². The predicted octanol–water partition coefficient (Wildman–Crippen LogP) is 1.61. The van der Waals surface area contributed by atoms with Crippen LogP contribution in [0.3, 0.4) is 0 Å². The summed E-state index contributed by atoms with van der Waals surface area (Å²) in [5, 5.41) is 8.93. The molecule has 1 amide bonds. The molecule has 0 fully saturated rings. The highest BCUT2D eigenvalue weighted by Crippen LogP contribution is 2.12. The molecule has 0 spiro atoms. The summed E-state index contributed by atoms with van der Waals surface area (Å²) in [6, 6.07) is 7.46. The molecule has 0 unspecified atom stereocenters. The highest BCUT2D eigenvalue weighted by Gasteiger charge is 2.14. The maximum atomic E-state index is 12.1. The number of aliphatic carboxylic acids is 1. The van der Waals surface area contributed by atoms with Crippen LogP contribution >= 0.6 is 0 Å². The van der Waals surface area contributed by atoms with Crippen molar-refractivity contribution in [2.75, 3.05) is 26.7 Å². The zero-order valence-electron chi connectivity index (χ0n) is 13.0. The van der Waals surface area contributed by atoms with Crippen LogP contribution in [0.25, 0.3) is 0 Å². The molecule has 116 valence electrons. The Morgan fingerprint density at radius 1 is 1.10 bits per heavy atom. The van der Waals surface area contributed by atoms with Crippen LogP contribution < -0.4 is 0 Å². The van der Waals surface area contributed by atoms with Gasteiger partial charge in [-0.25, -0.2) is 0 Å². The number of amides is 1. The number of benzene rings is 1. The number of carboxylic acid groups (broad SMARTS) is 1. The van der Waals surface area contributed by atoms with Gasteiger partial charge in [-0.2, -0.15) is 0 Å². The second kappa shape index (κ2) is 8.42. The number of carbonyl (C=O) groups is 2. The van der Waals surface area contributed by atoms with Crippen molar-refractivity contribution < 1.29 is 14.7 Å². The minimum absolute atomic E-state index is 0.00794. The summed E-state index contributed by atoms with van der Waals surface area (Å²) in [7, 11) is 1.87. The quantitative estimate of drug-likeness (QED) is 0.791. The molecule has 1 rings (SSSR count). The molecule has 5 heteroatoms. The van der Waals surface area contributed by atoms with Gasteiger partial charge in [0.2, 0.25) is 5.91 Å². The average Bonchev–Trinajstić information content (AvgIpc) is 2.41. The normalized spacial score (nSPS) is 10.7. The molecule has 0 atom stereocenters. The Morgan fingerprint density at radius 3 is 2.19 bits per heavy atom. The van der Waals surface area contributed by atoms with Crippen molar-refractivity contribution >= 4 is 11.9 Å². The van der Waals surface area contributed by atoms with Crippen LogP contribution in [-0.2, 0) is 22.6 Å². The summed E-state index contributed by atoms with van der Waals surface area (Å²) >= 11 is 0. The van der Waals surface area contributed by atoms with Gasteiger partial charge in [-0.1, -0.05) is 24.3 Å². The lowest BCUT2D eigenvalue weighted by atomic mass is 10.0. The molecular weight excluding hydrogens is 268 g/mol. The van der Waals surface area contributed by atoms with Crippen LogP contribution in [0, 0.1) is 0 Å². The molecule has 21 heavy (non-hydrogen) atoms. The Labute approximate surface area is 126 Å².